The highest BCUT2D eigenvalue weighted by Crippen LogP contribution is 2.19. The van der Waals surface area contributed by atoms with Crippen molar-refractivity contribution in [3.63, 3.8) is 0 Å². The van der Waals surface area contributed by atoms with E-state index in [2.05, 4.69) is 10.6 Å². The number of hydrogen-bond acceptors (Lipinski definition) is 4. The fourth-order valence-electron chi connectivity index (χ4n) is 1.85. The molecule has 1 heterocycles. The molecule has 0 spiro atoms. The van der Waals surface area contributed by atoms with Gasteiger partial charge in [0.2, 0.25) is 0 Å². The first-order valence-electron chi connectivity index (χ1n) is 5.90. The molecule has 1 aromatic carbocycles. The van der Waals surface area contributed by atoms with Gasteiger partial charge in [0.25, 0.3) is 5.91 Å². The molecule has 1 saturated heterocycles. The summed E-state index contributed by atoms with van der Waals surface area (Å²) in [7, 11) is 1.58. The number of methoxy groups -OCH3 is 1. The molecule has 5 nitrogen and oxygen atoms in total. The van der Waals surface area contributed by atoms with E-state index >= 15 is 0 Å². The quantitative estimate of drug-likeness (QED) is 0.707. The number of carbonyl (C=O) groups excluding carboxylic acids is 1. The van der Waals surface area contributed by atoms with Crippen LogP contribution in [-0.2, 0) is 0 Å². The summed E-state index contributed by atoms with van der Waals surface area (Å²) in [5, 5.41) is 15.5. The van der Waals surface area contributed by atoms with E-state index in [0.29, 0.717) is 24.4 Å². The molecule has 0 unspecified atom stereocenters. The zero-order valence-corrected chi connectivity index (χ0v) is 10.6. The molecule has 1 aliphatic heterocycles. The van der Waals surface area contributed by atoms with Crippen molar-refractivity contribution < 1.29 is 14.6 Å². The van der Waals surface area contributed by atoms with Gasteiger partial charge in [-0.15, -0.1) is 0 Å². The van der Waals surface area contributed by atoms with Gasteiger partial charge >= 0.3 is 0 Å². The molecule has 0 radical (unpaired) electrons. The molecular formula is C13H18N2O3. The maximum Gasteiger partial charge on any atom is 0.251 e. The van der Waals surface area contributed by atoms with Gasteiger partial charge in [-0.25, -0.2) is 0 Å². The van der Waals surface area contributed by atoms with Gasteiger partial charge in [-0.1, -0.05) is 6.07 Å². The van der Waals surface area contributed by atoms with Crippen LogP contribution in [-0.4, -0.2) is 43.4 Å². The Morgan fingerprint density at radius 3 is 2.83 bits per heavy atom. The van der Waals surface area contributed by atoms with Crippen molar-refractivity contribution in [2.75, 3.05) is 26.7 Å². The lowest BCUT2D eigenvalue weighted by atomic mass is 9.97. The summed E-state index contributed by atoms with van der Waals surface area (Å²) < 4.78 is 5.17. The molecule has 1 aromatic rings. The maximum absolute atomic E-state index is 11.9. The molecule has 0 atom stereocenters. The molecule has 98 valence electrons. The minimum Gasteiger partial charge on any atom is -0.496 e. The van der Waals surface area contributed by atoms with E-state index in [1.54, 1.807) is 19.2 Å². The Kier molecular flexibility index (Phi) is 3.54. The van der Waals surface area contributed by atoms with Gasteiger partial charge in [0.05, 0.1) is 7.11 Å². The van der Waals surface area contributed by atoms with E-state index in [0.717, 1.165) is 5.56 Å². The molecule has 1 amide bonds. The summed E-state index contributed by atoms with van der Waals surface area (Å²) >= 11 is 0. The number of β-amino-alcohol motifs (C(OH)–C–C–N with tert-alkyl or cyclic N) is 1. The van der Waals surface area contributed by atoms with E-state index < -0.39 is 5.60 Å². The largest absolute Gasteiger partial charge is 0.496 e. The molecule has 3 N–H and O–H groups in total. The highest BCUT2D eigenvalue weighted by molar-refractivity contribution is 5.94. The molecule has 1 fully saturated rings. The van der Waals surface area contributed by atoms with Gasteiger partial charge in [-0.05, 0) is 24.6 Å². The SMILES string of the molecule is COc1cc(C(=O)NCC2(O)CNC2)ccc1C. The standard InChI is InChI=1S/C13H18N2O3/c1-9-3-4-10(5-11(9)18-2)12(16)15-8-13(17)6-14-7-13/h3-5,14,17H,6-8H2,1-2H3,(H,15,16). The number of aliphatic hydroxyl groups is 1. The normalized spacial score (nSPS) is 16.8. The number of carbonyl (C=O) groups is 1. The average Bonchev–Trinajstić information content (AvgIpc) is 2.34. The summed E-state index contributed by atoms with van der Waals surface area (Å²) in [6.45, 7) is 3.22. The topological polar surface area (TPSA) is 70.6 Å². The Bertz CT molecular complexity index is 456. The van der Waals surface area contributed by atoms with E-state index in [1.165, 1.54) is 0 Å². The van der Waals surface area contributed by atoms with Gasteiger partial charge in [0.1, 0.15) is 11.4 Å². The van der Waals surface area contributed by atoms with Gasteiger partial charge in [-0.3, -0.25) is 4.79 Å². The summed E-state index contributed by atoms with van der Waals surface area (Å²) in [5.41, 5.74) is 0.717. The number of rotatable bonds is 4. The third-order valence-electron chi connectivity index (χ3n) is 3.16. The zero-order chi connectivity index (χ0) is 13.2. The first kappa shape index (κ1) is 12.9. The monoisotopic (exact) mass is 250 g/mol. The second-order valence-corrected chi connectivity index (χ2v) is 4.69. The van der Waals surface area contributed by atoms with Gasteiger partial charge in [-0.2, -0.15) is 0 Å². The van der Waals surface area contributed by atoms with Crippen LogP contribution in [0.2, 0.25) is 0 Å². The fraction of sp³-hybridized carbons (Fsp3) is 0.462. The Balaban J connectivity index is 2.00. The van der Waals surface area contributed by atoms with Gasteiger partial charge in [0.15, 0.2) is 0 Å². The molecule has 0 bridgehead atoms. The lowest BCUT2D eigenvalue weighted by molar-refractivity contribution is -0.00759. The smallest absolute Gasteiger partial charge is 0.251 e. The van der Waals surface area contributed by atoms with E-state index in [4.69, 9.17) is 4.74 Å². The first-order chi connectivity index (χ1) is 8.54. The van der Waals surface area contributed by atoms with Crippen LogP contribution in [0.5, 0.6) is 5.75 Å². The Morgan fingerprint density at radius 1 is 1.56 bits per heavy atom. The highest BCUT2D eigenvalue weighted by Gasteiger charge is 2.34. The van der Waals surface area contributed by atoms with E-state index in [-0.39, 0.29) is 12.5 Å². The zero-order valence-electron chi connectivity index (χ0n) is 10.6. The third kappa shape index (κ3) is 2.63. The van der Waals surface area contributed by atoms with Crippen molar-refractivity contribution in [3.05, 3.63) is 29.3 Å². The van der Waals surface area contributed by atoms with Crippen molar-refractivity contribution in [1.29, 1.82) is 0 Å². The van der Waals surface area contributed by atoms with Crippen molar-refractivity contribution >= 4 is 5.91 Å². The molecule has 18 heavy (non-hydrogen) atoms. The van der Waals surface area contributed by atoms with Crippen LogP contribution in [0.15, 0.2) is 18.2 Å². The minimum absolute atomic E-state index is 0.200. The summed E-state index contributed by atoms with van der Waals surface area (Å²) in [6, 6.07) is 5.29. The number of hydrogen-bond donors (Lipinski definition) is 3. The Morgan fingerprint density at radius 2 is 2.28 bits per heavy atom. The Hall–Kier alpha value is -1.59. The van der Waals surface area contributed by atoms with Crippen LogP contribution in [0.3, 0.4) is 0 Å². The molecule has 0 aliphatic carbocycles. The predicted molar refractivity (Wildman–Crippen MR) is 67.9 cm³/mol. The fourth-order valence-corrected chi connectivity index (χ4v) is 1.85. The van der Waals surface area contributed by atoms with Gasteiger partial charge in [0, 0.05) is 25.2 Å². The predicted octanol–water partition coefficient (Wildman–Crippen LogP) is 0.0677. The highest BCUT2D eigenvalue weighted by atomic mass is 16.5. The summed E-state index contributed by atoms with van der Waals surface area (Å²) in [6.07, 6.45) is 0. The van der Waals surface area contributed by atoms with Crippen LogP contribution in [0, 0.1) is 6.92 Å². The number of amides is 1. The van der Waals surface area contributed by atoms with Gasteiger partial charge < -0.3 is 20.5 Å². The molecule has 0 aromatic heterocycles. The first-order valence-corrected chi connectivity index (χ1v) is 5.90. The summed E-state index contributed by atoms with van der Waals surface area (Å²) in [5.74, 6) is 0.486. The second kappa shape index (κ2) is 4.96. The molecular weight excluding hydrogens is 232 g/mol. The molecule has 1 aliphatic rings. The van der Waals surface area contributed by atoms with Crippen LogP contribution >= 0.6 is 0 Å². The van der Waals surface area contributed by atoms with E-state index in [1.807, 2.05) is 13.0 Å². The molecule has 0 saturated carbocycles. The molecule has 2 rings (SSSR count). The van der Waals surface area contributed by atoms with Crippen LogP contribution < -0.4 is 15.4 Å². The van der Waals surface area contributed by atoms with E-state index in [9.17, 15) is 9.90 Å². The number of benzene rings is 1. The second-order valence-electron chi connectivity index (χ2n) is 4.69. The molecule has 5 heteroatoms. The van der Waals surface area contributed by atoms with Crippen LogP contribution in [0.1, 0.15) is 15.9 Å². The Labute approximate surface area is 106 Å². The number of ether oxygens (including phenoxy) is 1. The summed E-state index contributed by atoms with van der Waals surface area (Å²) in [4.78, 5) is 11.9. The number of aryl methyl sites for hydroxylation is 1. The van der Waals surface area contributed by atoms with Crippen molar-refractivity contribution in [2.45, 2.75) is 12.5 Å². The minimum atomic E-state index is -0.801. The third-order valence-corrected chi connectivity index (χ3v) is 3.16. The maximum atomic E-state index is 11.9. The lowest BCUT2D eigenvalue weighted by Crippen LogP contribution is -2.64. The number of nitrogens with one attached hydrogen (secondary N) is 2. The van der Waals surface area contributed by atoms with Crippen molar-refractivity contribution in [2.24, 2.45) is 0 Å². The van der Waals surface area contributed by atoms with Crippen LogP contribution in [0.25, 0.3) is 0 Å². The lowest BCUT2D eigenvalue weighted by Gasteiger charge is -2.37. The average molecular weight is 250 g/mol. The van der Waals surface area contributed by atoms with Crippen LogP contribution in [0.4, 0.5) is 0 Å². The van der Waals surface area contributed by atoms with Crippen molar-refractivity contribution in [1.82, 2.24) is 10.6 Å². The van der Waals surface area contributed by atoms with Crippen molar-refractivity contribution in [3.8, 4) is 5.75 Å².